The number of hydroxylamine groups is 1. The Morgan fingerprint density at radius 3 is 2.33 bits per heavy atom. The van der Waals surface area contributed by atoms with Crippen LogP contribution in [0.4, 0.5) is 11.4 Å². The molecule has 9 heteroatoms. The zero-order valence-electron chi connectivity index (χ0n) is 20.9. The zero-order valence-corrected chi connectivity index (χ0v) is 22.4. The van der Waals surface area contributed by atoms with E-state index in [0.29, 0.717) is 45.3 Å². The lowest BCUT2D eigenvalue weighted by Gasteiger charge is -2.27. The number of carbonyl (C=O) groups is 2. The maximum Gasteiger partial charge on any atom is 0.266 e. The van der Waals surface area contributed by atoms with Crippen LogP contribution in [-0.2, 0) is 14.4 Å². The Bertz CT molecular complexity index is 1520. The van der Waals surface area contributed by atoms with Crippen LogP contribution in [0.25, 0.3) is 11.3 Å². The monoisotopic (exact) mass is 562 g/mol. The quantitative estimate of drug-likeness (QED) is 0.224. The number of furan rings is 1. The molecule has 0 saturated carbocycles. The summed E-state index contributed by atoms with van der Waals surface area (Å²) in [7, 11) is 0. The summed E-state index contributed by atoms with van der Waals surface area (Å²) in [5.41, 5.74) is 1.90. The fourth-order valence-electron chi connectivity index (χ4n) is 4.98. The Morgan fingerprint density at radius 1 is 0.846 bits per heavy atom. The minimum atomic E-state index is -1.00. The Labute approximate surface area is 235 Å². The summed E-state index contributed by atoms with van der Waals surface area (Å²) >= 11 is 12.3. The number of amides is 2. The van der Waals surface area contributed by atoms with Gasteiger partial charge in [-0.05, 0) is 73.2 Å². The van der Waals surface area contributed by atoms with E-state index in [-0.39, 0.29) is 5.91 Å². The molecule has 39 heavy (non-hydrogen) atoms. The van der Waals surface area contributed by atoms with Crippen LogP contribution in [-0.4, -0.2) is 24.5 Å². The third-order valence-corrected chi connectivity index (χ3v) is 7.56. The van der Waals surface area contributed by atoms with E-state index in [1.54, 1.807) is 59.7 Å². The van der Waals surface area contributed by atoms with Gasteiger partial charge in [-0.3, -0.25) is 14.4 Å². The van der Waals surface area contributed by atoms with Crippen molar-refractivity contribution in [1.29, 1.82) is 0 Å². The number of nitrogens with zero attached hydrogens (tertiary/aromatic N) is 2. The lowest BCUT2D eigenvalue weighted by molar-refractivity contribution is -0.126. The van der Waals surface area contributed by atoms with Gasteiger partial charge in [0.05, 0.1) is 28.0 Å². The normalized spacial score (nSPS) is 20.5. The standard InChI is InChI=1S/C30H24Cl2N2O5/c1-2-16-37-21-11-9-19(10-12-21)33-29(35)26-27(34(39-28(26)30(33)36)20-6-4-3-5-7-20)25-15-14-24(38-25)18-8-13-22(31)23(32)17-18/h3-15,17,26-28H,2,16H2,1H3/t26-,27+,28-/m1/s1. The Kier molecular flexibility index (Phi) is 6.81. The number of halogens is 2. The molecular weight excluding hydrogens is 539 g/mol. The second kappa shape index (κ2) is 10.4. The smallest absolute Gasteiger partial charge is 0.266 e. The van der Waals surface area contributed by atoms with Crippen molar-refractivity contribution in [3.63, 3.8) is 0 Å². The van der Waals surface area contributed by atoms with Gasteiger partial charge >= 0.3 is 0 Å². The van der Waals surface area contributed by atoms with Gasteiger partial charge < -0.3 is 9.15 Å². The van der Waals surface area contributed by atoms with E-state index < -0.39 is 24.0 Å². The molecule has 0 spiro atoms. The highest BCUT2D eigenvalue weighted by Crippen LogP contribution is 2.48. The van der Waals surface area contributed by atoms with Crippen LogP contribution in [0.5, 0.6) is 5.75 Å². The first kappa shape index (κ1) is 25.5. The SMILES string of the molecule is CCCOc1ccc(N2C(=O)[C@H]3[C@@H](ON(c4ccccc4)[C@H]3c3ccc(-c4ccc(Cl)c(Cl)c4)o3)C2=O)cc1. The highest BCUT2D eigenvalue weighted by Gasteiger charge is 2.61. The van der Waals surface area contributed by atoms with Crippen LogP contribution in [0.1, 0.15) is 25.1 Å². The lowest BCUT2D eigenvalue weighted by Crippen LogP contribution is -2.37. The summed E-state index contributed by atoms with van der Waals surface area (Å²) < 4.78 is 11.9. The first-order valence-corrected chi connectivity index (χ1v) is 13.4. The molecule has 3 aromatic carbocycles. The van der Waals surface area contributed by atoms with Gasteiger partial charge in [-0.15, -0.1) is 0 Å². The minimum absolute atomic E-state index is 0.358. The molecule has 6 rings (SSSR count). The highest BCUT2D eigenvalue weighted by atomic mass is 35.5. The molecule has 4 aromatic rings. The Morgan fingerprint density at radius 2 is 1.62 bits per heavy atom. The van der Waals surface area contributed by atoms with E-state index >= 15 is 0 Å². The van der Waals surface area contributed by atoms with Crippen molar-refractivity contribution in [3.8, 4) is 17.1 Å². The number of hydrogen-bond donors (Lipinski definition) is 0. The molecule has 0 N–H and O–H groups in total. The largest absolute Gasteiger partial charge is 0.494 e. The van der Waals surface area contributed by atoms with Gasteiger partial charge in [0.2, 0.25) is 5.91 Å². The third kappa shape index (κ3) is 4.56. The molecule has 0 unspecified atom stereocenters. The van der Waals surface area contributed by atoms with E-state index in [2.05, 4.69) is 0 Å². The molecule has 2 aliphatic rings. The molecule has 0 radical (unpaired) electrons. The number of ether oxygens (including phenoxy) is 1. The van der Waals surface area contributed by atoms with Crippen LogP contribution in [0.15, 0.2) is 89.3 Å². The molecule has 7 nitrogen and oxygen atoms in total. The van der Waals surface area contributed by atoms with E-state index in [1.165, 1.54) is 4.90 Å². The fraction of sp³-hybridized carbons (Fsp3) is 0.200. The molecule has 3 atom stereocenters. The van der Waals surface area contributed by atoms with E-state index in [9.17, 15) is 9.59 Å². The molecule has 1 aromatic heterocycles. The summed E-state index contributed by atoms with van der Waals surface area (Å²) in [5, 5.41) is 2.44. The number of anilines is 2. The van der Waals surface area contributed by atoms with Crippen molar-refractivity contribution in [1.82, 2.24) is 0 Å². The molecule has 2 amide bonds. The van der Waals surface area contributed by atoms with E-state index in [1.807, 2.05) is 37.3 Å². The second-order valence-corrected chi connectivity index (χ2v) is 10.2. The van der Waals surface area contributed by atoms with Gasteiger partial charge in [0.1, 0.15) is 29.2 Å². The summed E-state index contributed by atoms with van der Waals surface area (Å²) in [4.78, 5) is 34.8. The molecule has 198 valence electrons. The highest BCUT2D eigenvalue weighted by molar-refractivity contribution is 6.42. The van der Waals surface area contributed by atoms with Gasteiger partial charge in [-0.2, -0.15) is 0 Å². The van der Waals surface area contributed by atoms with Crippen molar-refractivity contribution in [3.05, 3.63) is 101 Å². The number of fused-ring (bicyclic) bond motifs is 1. The topological polar surface area (TPSA) is 72.2 Å². The zero-order chi connectivity index (χ0) is 27.1. The maximum absolute atomic E-state index is 13.9. The molecule has 0 bridgehead atoms. The number of imide groups is 1. The van der Waals surface area contributed by atoms with Gasteiger partial charge in [0.25, 0.3) is 5.91 Å². The Hall–Kier alpha value is -3.78. The predicted molar refractivity (Wildman–Crippen MR) is 149 cm³/mol. The summed E-state index contributed by atoms with van der Waals surface area (Å²) in [6.07, 6.45) is -0.123. The molecule has 2 aliphatic heterocycles. The summed E-state index contributed by atoms with van der Waals surface area (Å²) in [6, 6.07) is 24.4. The van der Waals surface area contributed by atoms with Crippen molar-refractivity contribution < 1.29 is 23.6 Å². The first-order valence-electron chi connectivity index (χ1n) is 12.6. The van der Waals surface area contributed by atoms with Crippen LogP contribution in [0.3, 0.4) is 0 Å². The van der Waals surface area contributed by atoms with Crippen molar-refractivity contribution in [2.24, 2.45) is 5.92 Å². The van der Waals surface area contributed by atoms with Gasteiger partial charge in [0, 0.05) is 5.56 Å². The summed E-state index contributed by atoms with van der Waals surface area (Å²) in [6.45, 7) is 2.61. The molecule has 2 fully saturated rings. The van der Waals surface area contributed by atoms with Crippen LogP contribution in [0, 0.1) is 5.92 Å². The molecule has 3 heterocycles. The molecule has 0 aliphatic carbocycles. The number of hydrogen-bond acceptors (Lipinski definition) is 6. The second-order valence-electron chi connectivity index (χ2n) is 9.34. The molecular formula is C30H24Cl2N2O5. The lowest BCUT2D eigenvalue weighted by atomic mass is 9.94. The van der Waals surface area contributed by atoms with Crippen LogP contribution in [0.2, 0.25) is 10.0 Å². The number of para-hydroxylation sites is 1. The predicted octanol–water partition coefficient (Wildman–Crippen LogP) is 7.09. The molecule has 2 saturated heterocycles. The first-order chi connectivity index (χ1) is 19.0. The average Bonchev–Trinajstić information content (AvgIpc) is 3.65. The fourth-order valence-corrected chi connectivity index (χ4v) is 5.28. The minimum Gasteiger partial charge on any atom is -0.494 e. The Balaban J connectivity index is 1.36. The van der Waals surface area contributed by atoms with Gasteiger partial charge in [0.15, 0.2) is 6.10 Å². The summed E-state index contributed by atoms with van der Waals surface area (Å²) in [5.74, 6) is 0.112. The average molecular weight is 563 g/mol. The number of rotatable bonds is 7. The van der Waals surface area contributed by atoms with Gasteiger partial charge in [-0.1, -0.05) is 48.3 Å². The van der Waals surface area contributed by atoms with Crippen LogP contribution >= 0.6 is 23.2 Å². The van der Waals surface area contributed by atoms with Gasteiger partial charge in [-0.25, -0.2) is 9.96 Å². The third-order valence-electron chi connectivity index (χ3n) is 6.82. The van der Waals surface area contributed by atoms with Crippen molar-refractivity contribution in [2.75, 3.05) is 16.6 Å². The number of benzene rings is 3. The van der Waals surface area contributed by atoms with Crippen LogP contribution < -0.4 is 14.7 Å². The van der Waals surface area contributed by atoms with Crippen molar-refractivity contribution >= 4 is 46.4 Å². The number of carbonyl (C=O) groups excluding carboxylic acids is 2. The van der Waals surface area contributed by atoms with E-state index in [4.69, 9.17) is 37.2 Å². The maximum atomic E-state index is 13.9. The van der Waals surface area contributed by atoms with Crippen molar-refractivity contribution in [2.45, 2.75) is 25.5 Å². The van der Waals surface area contributed by atoms with E-state index in [0.717, 1.165) is 12.0 Å².